The second kappa shape index (κ2) is 5.81. The first-order chi connectivity index (χ1) is 11.6. The minimum atomic E-state index is -0.104. The highest BCUT2D eigenvalue weighted by Crippen LogP contribution is 2.23. The molecule has 0 N–H and O–H groups in total. The van der Waals surface area contributed by atoms with Gasteiger partial charge in [0.15, 0.2) is 9.60 Å². The van der Waals surface area contributed by atoms with Crippen LogP contribution in [-0.4, -0.2) is 14.1 Å². The van der Waals surface area contributed by atoms with Gasteiger partial charge in [0, 0.05) is 5.69 Å². The van der Waals surface area contributed by atoms with Gasteiger partial charge < -0.3 is 0 Å². The second-order valence-electron chi connectivity index (χ2n) is 5.45. The Bertz CT molecular complexity index is 1140. The van der Waals surface area contributed by atoms with Crippen LogP contribution in [0.25, 0.3) is 21.7 Å². The summed E-state index contributed by atoms with van der Waals surface area (Å²) in [7, 11) is 0. The highest BCUT2D eigenvalue weighted by atomic mass is 32.1. The Kier molecular flexibility index (Phi) is 3.63. The number of nitrogens with zero attached hydrogens (tertiary/aromatic N) is 3. The average molecular weight is 351 g/mol. The van der Waals surface area contributed by atoms with Crippen molar-refractivity contribution in [2.24, 2.45) is 0 Å². The molecular formula is C18H13N3OS2. The number of thiazole rings is 1. The minimum absolute atomic E-state index is 0.104. The third-order valence-electron chi connectivity index (χ3n) is 3.82. The van der Waals surface area contributed by atoms with E-state index in [2.05, 4.69) is 4.98 Å². The third kappa shape index (κ3) is 2.40. The van der Waals surface area contributed by atoms with Crippen molar-refractivity contribution in [1.82, 2.24) is 14.1 Å². The van der Waals surface area contributed by atoms with Gasteiger partial charge in [-0.05, 0) is 43.4 Å². The van der Waals surface area contributed by atoms with Crippen LogP contribution >= 0.6 is 23.6 Å². The van der Waals surface area contributed by atoms with Crippen LogP contribution in [0.1, 0.15) is 5.56 Å². The molecule has 0 bridgehead atoms. The van der Waals surface area contributed by atoms with Crippen LogP contribution in [0.3, 0.4) is 0 Å². The van der Waals surface area contributed by atoms with Gasteiger partial charge in [-0.2, -0.15) is 0 Å². The maximum Gasteiger partial charge on any atom is 0.277 e. The lowest BCUT2D eigenvalue weighted by Gasteiger charge is -2.07. The van der Waals surface area contributed by atoms with Crippen LogP contribution < -0.4 is 5.56 Å². The SMILES string of the molecule is Cc1ccc(-n2c(=S)sc3c(=O)n(-c4ccccc4)cnc32)cc1. The Labute approximate surface area is 147 Å². The zero-order valence-corrected chi connectivity index (χ0v) is 14.5. The molecule has 0 aliphatic carbocycles. The maximum atomic E-state index is 12.9. The van der Waals surface area contributed by atoms with Gasteiger partial charge in [0.05, 0.1) is 5.69 Å². The van der Waals surface area contributed by atoms with Crippen molar-refractivity contribution in [2.45, 2.75) is 6.92 Å². The van der Waals surface area contributed by atoms with E-state index in [1.165, 1.54) is 16.9 Å². The number of benzene rings is 2. The predicted octanol–water partition coefficient (Wildman–Crippen LogP) is 4.28. The molecule has 0 spiro atoms. The Hall–Kier alpha value is -2.57. The summed E-state index contributed by atoms with van der Waals surface area (Å²) in [5.41, 5.74) is 3.38. The molecule has 24 heavy (non-hydrogen) atoms. The number of rotatable bonds is 2. The first-order valence-corrected chi connectivity index (χ1v) is 8.63. The molecule has 0 saturated carbocycles. The maximum absolute atomic E-state index is 12.9. The highest BCUT2D eigenvalue weighted by Gasteiger charge is 2.14. The van der Waals surface area contributed by atoms with Gasteiger partial charge in [-0.15, -0.1) is 0 Å². The van der Waals surface area contributed by atoms with Gasteiger partial charge in [0.1, 0.15) is 11.0 Å². The summed E-state index contributed by atoms with van der Waals surface area (Å²) in [5.74, 6) is 0. The van der Waals surface area contributed by atoms with Gasteiger partial charge in [0.25, 0.3) is 5.56 Å². The topological polar surface area (TPSA) is 39.8 Å². The normalized spacial score (nSPS) is 11.0. The first-order valence-electron chi connectivity index (χ1n) is 7.41. The Balaban J connectivity index is 1.98. The van der Waals surface area contributed by atoms with Crippen molar-refractivity contribution < 1.29 is 0 Å². The highest BCUT2D eigenvalue weighted by molar-refractivity contribution is 7.73. The number of aromatic nitrogens is 3. The molecule has 2 aromatic carbocycles. The third-order valence-corrected chi connectivity index (χ3v) is 5.17. The van der Waals surface area contributed by atoms with Gasteiger partial charge >= 0.3 is 0 Å². The van der Waals surface area contributed by atoms with Gasteiger partial charge in [-0.1, -0.05) is 47.2 Å². The lowest BCUT2D eigenvalue weighted by Crippen LogP contribution is -2.18. The number of hydrogen-bond donors (Lipinski definition) is 0. The quantitative estimate of drug-likeness (QED) is 0.506. The summed E-state index contributed by atoms with van der Waals surface area (Å²) in [6, 6.07) is 17.5. The van der Waals surface area contributed by atoms with Crippen molar-refractivity contribution in [3.05, 3.63) is 80.8 Å². The molecule has 0 amide bonds. The fraction of sp³-hybridized carbons (Fsp3) is 0.0556. The molecule has 0 fully saturated rings. The van der Waals surface area contributed by atoms with Crippen LogP contribution in [0.4, 0.5) is 0 Å². The van der Waals surface area contributed by atoms with E-state index < -0.39 is 0 Å². The Morgan fingerprint density at radius 2 is 1.71 bits per heavy atom. The molecule has 0 radical (unpaired) electrons. The molecule has 0 unspecified atom stereocenters. The number of aryl methyl sites for hydroxylation is 1. The molecule has 0 atom stereocenters. The lowest BCUT2D eigenvalue weighted by atomic mass is 10.2. The summed E-state index contributed by atoms with van der Waals surface area (Å²) in [6.45, 7) is 2.03. The fourth-order valence-corrected chi connectivity index (χ4v) is 3.91. The second-order valence-corrected chi connectivity index (χ2v) is 7.09. The van der Waals surface area contributed by atoms with E-state index in [4.69, 9.17) is 12.2 Å². The molecule has 118 valence electrons. The van der Waals surface area contributed by atoms with E-state index in [0.717, 1.165) is 11.4 Å². The summed E-state index contributed by atoms with van der Waals surface area (Å²) in [5, 5.41) is 0. The molecule has 4 nitrogen and oxygen atoms in total. The van der Waals surface area contributed by atoms with E-state index in [9.17, 15) is 4.79 Å². The zero-order chi connectivity index (χ0) is 16.7. The van der Waals surface area contributed by atoms with Gasteiger partial charge in [-0.3, -0.25) is 13.9 Å². The molecular weight excluding hydrogens is 338 g/mol. The number of para-hydroxylation sites is 1. The predicted molar refractivity (Wildman–Crippen MR) is 100 cm³/mol. The van der Waals surface area contributed by atoms with Crippen molar-refractivity contribution in [3.8, 4) is 11.4 Å². The van der Waals surface area contributed by atoms with E-state index in [1.807, 2.05) is 66.1 Å². The first kappa shape index (κ1) is 15.0. The smallest absolute Gasteiger partial charge is 0.275 e. The van der Waals surface area contributed by atoms with Crippen LogP contribution in [0.5, 0.6) is 0 Å². The van der Waals surface area contributed by atoms with Crippen molar-refractivity contribution >= 4 is 33.9 Å². The summed E-state index contributed by atoms with van der Waals surface area (Å²) < 4.78 is 4.58. The van der Waals surface area contributed by atoms with E-state index in [0.29, 0.717) is 14.3 Å². The summed E-state index contributed by atoms with van der Waals surface area (Å²) in [6.07, 6.45) is 1.56. The Morgan fingerprint density at radius 1 is 1.00 bits per heavy atom. The van der Waals surface area contributed by atoms with Crippen LogP contribution in [-0.2, 0) is 0 Å². The standard InChI is InChI=1S/C18H13N3OS2/c1-12-7-9-14(10-8-12)21-16-15(24-18(21)23)17(22)20(11-19-16)13-5-3-2-4-6-13/h2-11H,1H3. The van der Waals surface area contributed by atoms with Crippen molar-refractivity contribution in [1.29, 1.82) is 0 Å². The molecule has 0 aliphatic heterocycles. The molecule has 0 aliphatic rings. The Morgan fingerprint density at radius 3 is 2.42 bits per heavy atom. The van der Waals surface area contributed by atoms with Crippen molar-refractivity contribution in [3.63, 3.8) is 0 Å². The zero-order valence-electron chi connectivity index (χ0n) is 12.8. The molecule has 0 saturated heterocycles. The molecule has 6 heteroatoms. The number of hydrogen-bond acceptors (Lipinski definition) is 4. The fourth-order valence-electron chi connectivity index (χ4n) is 2.59. The molecule has 4 rings (SSSR count). The largest absolute Gasteiger partial charge is 0.277 e. The van der Waals surface area contributed by atoms with Crippen molar-refractivity contribution in [2.75, 3.05) is 0 Å². The van der Waals surface area contributed by atoms with E-state index in [1.54, 1.807) is 10.9 Å². The van der Waals surface area contributed by atoms with Gasteiger partial charge in [0.2, 0.25) is 0 Å². The summed E-state index contributed by atoms with van der Waals surface area (Å²) in [4.78, 5) is 17.4. The summed E-state index contributed by atoms with van der Waals surface area (Å²) >= 11 is 6.78. The van der Waals surface area contributed by atoms with Crippen LogP contribution in [0.2, 0.25) is 0 Å². The van der Waals surface area contributed by atoms with E-state index in [-0.39, 0.29) is 5.56 Å². The monoisotopic (exact) mass is 351 g/mol. The van der Waals surface area contributed by atoms with Crippen LogP contribution in [0, 0.1) is 10.9 Å². The van der Waals surface area contributed by atoms with E-state index >= 15 is 0 Å². The average Bonchev–Trinajstić information content (AvgIpc) is 2.94. The van der Waals surface area contributed by atoms with Crippen LogP contribution in [0.15, 0.2) is 65.7 Å². The lowest BCUT2D eigenvalue weighted by molar-refractivity contribution is 0.949. The molecule has 4 aromatic rings. The van der Waals surface area contributed by atoms with Gasteiger partial charge in [-0.25, -0.2) is 4.98 Å². The molecule has 2 heterocycles. The number of fused-ring (bicyclic) bond motifs is 1. The minimum Gasteiger partial charge on any atom is -0.275 e. The molecule has 2 aromatic heterocycles.